The number of nitrogens with zero attached hydrogens (tertiary/aromatic N) is 3. The number of hydrogen-bond donors (Lipinski definition) is 1. The summed E-state index contributed by atoms with van der Waals surface area (Å²) in [6.45, 7) is 0. The summed E-state index contributed by atoms with van der Waals surface area (Å²) in [7, 11) is 1.42. The Kier molecular flexibility index (Phi) is 3.75. The number of anilines is 1. The van der Waals surface area contributed by atoms with Crippen molar-refractivity contribution in [2.75, 3.05) is 12.4 Å². The topological polar surface area (TPSA) is 92.3 Å². The lowest BCUT2D eigenvalue weighted by molar-refractivity contribution is -0.146. The molecule has 1 aliphatic heterocycles. The zero-order valence-electron chi connectivity index (χ0n) is 10.1. The van der Waals surface area contributed by atoms with Crippen molar-refractivity contribution in [3.63, 3.8) is 0 Å². The average Bonchev–Trinajstić information content (AvgIpc) is 2.40. The maximum atomic E-state index is 11.9. The molecular weight excluding hydrogens is 272 g/mol. The van der Waals surface area contributed by atoms with Crippen molar-refractivity contribution in [2.24, 2.45) is 0 Å². The summed E-state index contributed by atoms with van der Waals surface area (Å²) in [6.07, 6.45) is 2.32. The molecule has 0 radical (unpaired) electrons. The Labute approximate surface area is 114 Å². The molecule has 0 bridgehead atoms. The van der Waals surface area contributed by atoms with Crippen molar-refractivity contribution < 1.29 is 14.4 Å². The van der Waals surface area contributed by atoms with Gasteiger partial charge in [-0.15, -0.1) is 0 Å². The maximum Gasteiger partial charge on any atom is 0.251 e. The third-order valence-corrected chi connectivity index (χ3v) is 3.21. The van der Waals surface area contributed by atoms with Gasteiger partial charge in [0.25, 0.3) is 5.91 Å². The highest BCUT2D eigenvalue weighted by atomic mass is 35.5. The largest absolute Gasteiger partial charge is 0.358 e. The van der Waals surface area contributed by atoms with Crippen LogP contribution in [0, 0.1) is 0 Å². The third kappa shape index (κ3) is 2.55. The van der Waals surface area contributed by atoms with Gasteiger partial charge in [-0.1, -0.05) is 11.6 Å². The molecule has 0 aromatic carbocycles. The van der Waals surface area contributed by atoms with E-state index in [0.717, 1.165) is 4.90 Å². The first kappa shape index (κ1) is 13.4. The Bertz CT molecular complexity index is 549. The number of aromatic nitrogens is 2. The van der Waals surface area contributed by atoms with Crippen LogP contribution in [0.15, 0.2) is 6.33 Å². The SMILES string of the molecule is CN1C(=O)CCC(Nc2ncnc(Cl)c2C=O)C1=O. The van der Waals surface area contributed by atoms with Crippen LogP contribution in [0.2, 0.25) is 5.15 Å². The van der Waals surface area contributed by atoms with Gasteiger partial charge in [-0.05, 0) is 6.42 Å². The van der Waals surface area contributed by atoms with Gasteiger partial charge in [0.15, 0.2) is 6.29 Å². The second-order valence-corrected chi connectivity index (χ2v) is 4.43. The number of likely N-dealkylation sites (N-methyl/N-ethyl adjacent to an activating group) is 1. The molecule has 0 saturated carbocycles. The van der Waals surface area contributed by atoms with E-state index in [4.69, 9.17) is 11.6 Å². The lowest BCUT2D eigenvalue weighted by Gasteiger charge is -2.28. The molecule has 1 atom stereocenters. The number of piperidine rings is 1. The quantitative estimate of drug-likeness (QED) is 0.493. The van der Waals surface area contributed by atoms with Crippen LogP contribution in [-0.2, 0) is 9.59 Å². The monoisotopic (exact) mass is 282 g/mol. The number of amides is 2. The molecule has 1 unspecified atom stereocenters. The van der Waals surface area contributed by atoms with Crippen LogP contribution < -0.4 is 5.32 Å². The standard InChI is InChI=1S/C11H11ClN4O3/c1-16-8(18)3-2-7(11(16)19)15-10-6(4-17)9(12)13-5-14-10/h4-5,7H,2-3H2,1H3,(H,13,14,15). The van der Waals surface area contributed by atoms with Crippen LogP contribution in [0.3, 0.4) is 0 Å². The summed E-state index contributed by atoms with van der Waals surface area (Å²) in [4.78, 5) is 42.8. The highest BCUT2D eigenvalue weighted by Gasteiger charge is 2.32. The van der Waals surface area contributed by atoms with Crippen molar-refractivity contribution in [1.29, 1.82) is 0 Å². The van der Waals surface area contributed by atoms with E-state index in [-0.39, 0.29) is 34.8 Å². The van der Waals surface area contributed by atoms with Crippen LogP contribution in [-0.4, -0.2) is 46.1 Å². The minimum atomic E-state index is -0.604. The molecule has 100 valence electrons. The van der Waals surface area contributed by atoms with Crippen molar-refractivity contribution in [1.82, 2.24) is 14.9 Å². The molecule has 0 aliphatic carbocycles. The fourth-order valence-corrected chi connectivity index (χ4v) is 1.99. The van der Waals surface area contributed by atoms with Crippen LogP contribution >= 0.6 is 11.6 Å². The van der Waals surface area contributed by atoms with Crippen molar-refractivity contribution in [3.8, 4) is 0 Å². The van der Waals surface area contributed by atoms with Crippen molar-refractivity contribution in [2.45, 2.75) is 18.9 Å². The van der Waals surface area contributed by atoms with Gasteiger partial charge in [0.1, 0.15) is 23.3 Å². The second kappa shape index (κ2) is 5.31. The summed E-state index contributed by atoms with van der Waals surface area (Å²) in [6, 6.07) is -0.604. The Morgan fingerprint density at radius 2 is 2.21 bits per heavy atom. The molecule has 1 aromatic heterocycles. The van der Waals surface area contributed by atoms with E-state index in [2.05, 4.69) is 15.3 Å². The molecule has 2 rings (SSSR count). The van der Waals surface area contributed by atoms with E-state index in [9.17, 15) is 14.4 Å². The Balaban J connectivity index is 2.22. The predicted molar refractivity (Wildman–Crippen MR) is 66.9 cm³/mol. The van der Waals surface area contributed by atoms with E-state index in [0.29, 0.717) is 12.7 Å². The van der Waals surface area contributed by atoms with Crippen LogP contribution in [0.1, 0.15) is 23.2 Å². The van der Waals surface area contributed by atoms with Gasteiger partial charge in [0.05, 0.1) is 5.56 Å². The van der Waals surface area contributed by atoms with Crippen LogP contribution in [0.5, 0.6) is 0 Å². The summed E-state index contributed by atoms with van der Waals surface area (Å²) in [5.74, 6) is -0.390. The number of carbonyl (C=O) groups excluding carboxylic acids is 3. The molecule has 19 heavy (non-hydrogen) atoms. The van der Waals surface area contributed by atoms with Crippen LogP contribution in [0.25, 0.3) is 0 Å². The average molecular weight is 283 g/mol. The van der Waals surface area contributed by atoms with Gasteiger partial charge in [-0.3, -0.25) is 19.3 Å². The maximum absolute atomic E-state index is 11.9. The summed E-state index contributed by atoms with van der Waals surface area (Å²) >= 11 is 5.76. The van der Waals surface area contributed by atoms with Gasteiger partial charge < -0.3 is 5.32 Å². The highest BCUT2D eigenvalue weighted by molar-refractivity contribution is 6.32. The lowest BCUT2D eigenvalue weighted by Crippen LogP contribution is -2.48. The van der Waals surface area contributed by atoms with Gasteiger partial charge in [0.2, 0.25) is 5.91 Å². The molecule has 7 nitrogen and oxygen atoms in total. The van der Waals surface area contributed by atoms with E-state index < -0.39 is 6.04 Å². The number of carbonyl (C=O) groups is 3. The van der Waals surface area contributed by atoms with Crippen molar-refractivity contribution >= 4 is 35.5 Å². The second-order valence-electron chi connectivity index (χ2n) is 4.07. The highest BCUT2D eigenvalue weighted by Crippen LogP contribution is 2.21. The Morgan fingerprint density at radius 3 is 2.89 bits per heavy atom. The number of nitrogens with one attached hydrogen (secondary N) is 1. The zero-order valence-corrected chi connectivity index (χ0v) is 10.8. The van der Waals surface area contributed by atoms with E-state index in [1.165, 1.54) is 13.4 Å². The third-order valence-electron chi connectivity index (χ3n) is 2.91. The lowest BCUT2D eigenvalue weighted by atomic mass is 10.0. The van der Waals surface area contributed by atoms with Gasteiger partial charge in [-0.25, -0.2) is 9.97 Å². The smallest absolute Gasteiger partial charge is 0.251 e. The van der Waals surface area contributed by atoms with Crippen LogP contribution in [0.4, 0.5) is 5.82 Å². The number of likely N-dealkylation sites (tertiary alicyclic amines) is 1. The van der Waals surface area contributed by atoms with Gasteiger partial charge in [0, 0.05) is 13.5 Å². The summed E-state index contributed by atoms with van der Waals surface area (Å²) in [5.41, 5.74) is 0.0940. The Hall–Kier alpha value is -2.02. The minimum absolute atomic E-state index is 0.0141. The van der Waals surface area contributed by atoms with Gasteiger partial charge >= 0.3 is 0 Å². The van der Waals surface area contributed by atoms with E-state index >= 15 is 0 Å². The first-order valence-corrected chi connectivity index (χ1v) is 5.95. The number of imide groups is 1. The molecule has 1 aromatic rings. The van der Waals surface area contributed by atoms with Gasteiger partial charge in [-0.2, -0.15) is 0 Å². The van der Waals surface area contributed by atoms with Crippen molar-refractivity contribution in [3.05, 3.63) is 17.0 Å². The number of aldehydes is 1. The predicted octanol–water partition coefficient (Wildman–Crippen LogP) is 0.502. The number of halogens is 1. The molecule has 1 aliphatic rings. The molecule has 0 spiro atoms. The Morgan fingerprint density at radius 1 is 1.47 bits per heavy atom. The molecule has 2 heterocycles. The molecule has 1 fully saturated rings. The molecule has 2 amide bonds. The summed E-state index contributed by atoms with van der Waals surface area (Å²) < 4.78 is 0. The molecule has 1 saturated heterocycles. The normalized spacial score (nSPS) is 19.5. The first-order valence-electron chi connectivity index (χ1n) is 5.57. The summed E-state index contributed by atoms with van der Waals surface area (Å²) in [5, 5.41) is 2.85. The number of hydrogen-bond acceptors (Lipinski definition) is 6. The molecule has 8 heteroatoms. The number of rotatable bonds is 3. The fraction of sp³-hybridized carbons (Fsp3) is 0.364. The van der Waals surface area contributed by atoms with E-state index in [1.807, 2.05) is 0 Å². The fourth-order valence-electron chi connectivity index (χ4n) is 1.81. The zero-order chi connectivity index (χ0) is 14.0. The molecule has 1 N–H and O–H groups in total. The van der Waals surface area contributed by atoms with E-state index in [1.54, 1.807) is 0 Å². The first-order chi connectivity index (χ1) is 9.04. The minimum Gasteiger partial charge on any atom is -0.358 e. The molecular formula is C11H11ClN4O3.